The van der Waals surface area contributed by atoms with Gasteiger partial charge in [-0.25, -0.2) is 14.7 Å². The third-order valence-electron chi connectivity index (χ3n) is 3.98. The van der Waals surface area contributed by atoms with E-state index >= 15 is 0 Å². The Morgan fingerprint density at radius 2 is 2.00 bits per heavy atom. The molecule has 0 saturated heterocycles. The summed E-state index contributed by atoms with van der Waals surface area (Å²) >= 11 is 0. The van der Waals surface area contributed by atoms with E-state index in [0.29, 0.717) is 19.0 Å². The maximum Gasteiger partial charge on any atom is 0.191 e. The first kappa shape index (κ1) is 21.9. The molecule has 2 aromatic heterocycles. The van der Waals surface area contributed by atoms with Crippen LogP contribution in [0.3, 0.4) is 0 Å². The van der Waals surface area contributed by atoms with Crippen LogP contribution < -0.4 is 10.6 Å². The molecule has 0 radical (unpaired) electrons. The molecule has 2 heterocycles. The molecule has 1 aromatic carbocycles. The lowest BCUT2D eigenvalue weighted by atomic mass is 10.1. The smallest absolute Gasteiger partial charge is 0.191 e. The molecule has 0 spiro atoms. The van der Waals surface area contributed by atoms with Crippen molar-refractivity contribution in [3.05, 3.63) is 60.0 Å². The molecule has 0 unspecified atom stereocenters. The van der Waals surface area contributed by atoms with E-state index in [0.717, 1.165) is 35.2 Å². The highest BCUT2D eigenvalue weighted by molar-refractivity contribution is 14.0. The average molecular weight is 495 g/mol. The van der Waals surface area contributed by atoms with Gasteiger partial charge in [0.05, 0.1) is 24.5 Å². The van der Waals surface area contributed by atoms with Gasteiger partial charge in [-0.3, -0.25) is 0 Å². The summed E-state index contributed by atoms with van der Waals surface area (Å²) in [6.45, 7) is 8.11. The number of guanidine groups is 1. The van der Waals surface area contributed by atoms with Crippen molar-refractivity contribution in [3.8, 4) is 5.69 Å². The van der Waals surface area contributed by atoms with E-state index in [9.17, 15) is 0 Å². The van der Waals surface area contributed by atoms with Gasteiger partial charge in [-0.15, -0.1) is 24.0 Å². The molecule has 150 valence electrons. The molecule has 0 atom stereocenters. The first-order valence-corrected chi connectivity index (χ1v) is 9.07. The number of benzene rings is 1. The zero-order chi connectivity index (χ0) is 19.1. The molecule has 0 aliphatic rings. The fraction of sp³-hybridized carbons (Fsp3) is 0.368. The molecule has 0 fully saturated rings. The Balaban J connectivity index is 0.00000280. The fourth-order valence-corrected chi connectivity index (χ4v) is 2.46. The number of nitrogens with zero attached hydrogens (tertiary/aromatic N) is 5. The normalized spacial score (nSPS) is 11.4. The van der Waals surface area contributed by atoms with Crippen LogP contribution in [0.4, 0.5) is 0 Å². The largest absolute Gasteiger partial charge is 0.359 e. The van der Waals surface area contributed by atoms with Gasteiger partial charge in [0, 0.05) is 12.6 Å². The van der Waals surface area contributed by atoms with Gasteiger partial charge < -0.3 is 15.2 Å². The van der Waals surface area contributed by atoms with Crippen LogP contribution in [0.5, 0.6) is 0 Å². The summed E-state index contributed by atoms with van der Waals surface area (Å²) in [6.07, 6.45) is 3.19. The Labute approximate surface area is 181 Å². The second-order valence-electron chi connectivity index (χ2n) is 6.43. The molecule has 0 aliphatic carbocycles. The van der Waals surface area contributed by atoms with Crippen LogP contribution in [0.1, 0.15) is 43.7 Å². The Bertz CT molecular complexity index is 857. The number of rotatable bonds is 7. The van der Waals surface area contributed by atoms with Gasteiger partial charge >= 0.3 is 0 Å². The van der Waals surface area contributed by atoms with E-state index < -0.39 is 0 Å². The van der Waals surface area contributed by atoms with E-state index in [1.807, 2.05) is 37.3 Å². The maximum absolute atomic E-state index is 5.36. The highest BCUT2D eigenvalue weighted by Crippen LogP contribution is 2.13. The van der Waals surface area contributed by atoms with Gasteiger partial charge in [0.2, 0.25) is 0 Å². The summed E-state index contributed by atoms with van der Waals surface area (Å²) in [5, 5.41) is 14.7. The van der Waals surface area contributed by atoms with Crippen molar-refractivity contribution >= 4 is 29.9 Å². The average Bonchev–Trinajstić information content (AvgIpc) is 3.36. The van der Waals surface area contributed by atoms with Crippen LogP contribution in [-0.4, -0.2) is 32.4 Å². The fourth-order valence-electron chi connectivity index (χ4n) is 2.46. The summed E-state index contributed by atoms with van der Waals surface area (Å²) in [5.41, 5.74) is 3.04. The molecule has 3 aromatic rings. The molecule has 0 aliphatic heterocycles. The van der Waals surface area contributed by atoms with Crippen molar-refractivity contribution in [2.75, 3.05) is 6.54 Å². The molecule has 28 heavy (non-hydrogen) atoms. The summed E-state index contributed by atoms with van der Waals surface area (Å²) in [4.78, 5) is 8.59. The van der Waals surface area contributed by atoms with Gasteiger partial charge in [0.1, 0.15) is 12.7 Å². The summed E-state index contributed by atoms with van der Waals surface area (Å²) < 4.78 is 7.08. The van der Waals surface area contributed by atoms with Crippen LogP contribution in [0, 0.1) is 0 Å². The molecule has 8 nitrogen and oxygen atoms in total. The van der Waals surface area contributed by atoms with Crippen LogP contribution >= 0.6 is 24.0 Å². The second-order valence-corrected chi connectivity index (χ2v) is 6.43. The lowest BCUT2D eigenvalue weighted by Crippen LogP contribution is -2.36. The lowest BCUT2D eigenvalue weighted by molar-refractivity contribution is 0.372. The van der Waals surface area contributed by atoms with Crippen molar-refractivity contribution in [2.45, 2.75) is 39.8 Å². The van der Waals surface area contributed by atoms with Crippen LogP contribution in [0.25, 0.3) is 5.69 Å². The first-order chi connectivity index (χ1) is 13.2. The molecule has 9 heteroatoms. The highest BCUT2D eigenvalue weighted by Gasteiger charge is 2.08. The summed E-state index contributed by atoms with van der Waals surface area (Å²) in [6, 6.07) is 10.1. The maximum atomic E-state index is 5.36. The summed E-state index contributed by atoms with van der Waals surface area (Å²) in [7, 11) is 0. The van der Waals surface area contributed by atoms with Gasteiger partial charge in [-0.05, 0) is 30.5 Å². The standard InChI is InChI=1S/C19H25N7O.HI/c1-4-21-19(23-11-17-9-18(14(2)3)25-27-17)22-10-15-5-7-16(8-6-15)26-13-20-12-24-26;/h5-9,12-14H,4,10-11H2,1-3H3,(H2,21,22,23);1H. The molecule has 2 N–H and O–H groups in total. The zero-order valence-electron chi connectivity index (χ0n) is 16.3. The van der Waals surface area contributed by atoms with Crippen molar-refractivity contribution in [1.29, 1.82) is 0 Å². The van der Waals surface area contributed by atoms with Gasteiger partial charge in [-0.2, -0.15) is 5.10 Å². The molecule has 3 rings (SSSR count). The molecular formula is C19H26IN7O. The van der Waals surface area contributed by atoms with E-state index in [4.69, 9.17) is 4.52 Å². The zero-order valence-corrected chi connectivity index (χ0v) is 18.6. The minimum Gasteiger partial charge on any atom is -0.359 e. The number of hydrogen-bond acceptors (Lipinski definition) is 5. The van der Waals surface area contributed by atoms with Gasteiger partial charge in [0.25, 0.3) is 0 Å². The van der Waals surface area contributed by atoms with Gasteiger partial charge in [-0.1, -0.05) is 31.1 Å². The van der Waals surface area contributed by atoms with Crippen molar-refractivity contribution in [3.63, 3.8) is 0 Å². The van der Waals surface area contributed by atoms with Crippen LogP contribution in [-0.2, 0) is 13.1 Å². The Morgan fingerprint density at radius 1 is 1.21 bits per heavy atom. The molecule has 0 saturated carbocycles. The van der Waals surface area contributed by atoms with Crippen molar-refractivity contribution in [1.82, 2.24) is 30.6 Å². The minimum atomic E-state index is 0. The third-order valence-corrected chi connectivity index (χ3v) is 3.98. The van der Waals surface area contributed by atoms with E-state index in [2.05, 4.69) is 44.7 Å². The Morgan fingerprint density at radius 3 is 2.61 bits per heavy atom. The van der Waals surface area contributed by atoms with Gasteiger partial charge in [0.15, 0.2) is 11.7 Å². The third kappa shape index (κ3) is 6.04. The number of aromatic nitrogens is 4. The minimum absolute atomic E-state index is 0. The number of hydrogen-bond donors (Lipinski definition) is 2. The molecular weight excluding hydrogens is 469 g/mol. The van der Waals surface area contributed by atoms with E-state index in [-0.39, 0.29) is 24.0 Å². The van der Waals surface area contributed by atoms with Crippen molar-refractivity contribution < 1.29 is 4.52 Å². The first-order valence-electron chi connectivity index (χ1n) is 9.07. The number of nitrogens with one attached hydrogen (secondary N) is 2. The number of aliphatic imine (C=N–C) groups is 1. The lowest BCUT2D eigenvalue weighted by Gasteiger charge is -2.10. The SMILES string of the molecule is CCNC(=NCc1ccc(-n2cncn2)cc1)NCc1cc(C(C)C)no1.I. The van der Waals surface area contributed by atoms with Crippen LogP contribution in [0.15, 0.2) is 52.5 Å². The van der Waals surface area contributed by atoms with E-state index in [1.54, 1.807) is 11.0 Å². The molecule has 0 bridgehead atoms. The Kier molecular flexibility index (Phi) is 8.42. The summed E-state index contributed by atoms with van der Waals surface area (Å²) in [5.74, 6) is 1.88. The predicted octanol–water partition coefficient (Wildman–Crippen LogP) is 3.25. The van der Waals surface area contributed by atoms with Crippen LogP contribution in [0.2, 0.25) is 0 Å². The molecule has 0 amide bonds. The number of halogens is 1. The predicted molar refractivity (Wildman–Crippen MR) is 119 cm³/mol. The topological polar surface area (TPSA) is 93.2 Å². The second kappa shape index (κ2) is 10.8. The highest BCUT2D eigenvalue weighted by atomic mass is 127. The quantitative estimate of drug-likeness (QED) is 0.297. The van der Waals surface area contributed by atoms with Crippen molar-refractivity contribution in [2.24, 2.45) is 4.99 Å². The Hall–Kier alpha value is -2.43. The van der Waals surface area contributed by atoms with E-state index in [1.165, 1.54) is 6.33 Å². The monoisotopic (exact) mass is 495 g/mol.